The smallest absolute Gasteiger partial charge is 0.268 e. The van der Waals surface area contributed by atoms with E-state index >= 15 is 0 Å². The van der Waals surface area contributed by atoms with Crippen LogP contribution in [0, 0.1) is 0 Å². The number of ether oxygens (including phenoxy) is 1. The molecule has 0 aliphatic carbocycles. The van der Waals surface area contributed by atoms with Gasteiger partial charge >= 0.3 is 0 Å². The predicted molar refractivity (Wildman–Crippen MR) is 96.0 cm³/mol. The Morgan fingerprint density at radius 3 is 2.56 bits per heavy atom. The monoisotopic (exact) mass is 357 g/mol. The molecule has 1 N–H and O–H groups in total. The Kier molecular flexibility index (Phi) is 4.87. The summed E-state index contributed by atoms with van der Waals surface area (Å²) < 4.78 is 32.7. The van der Waals surface area contributed by atoms with Gasteiger partial charge in [-0.2, -0.15) is 0 Å². The van der Waals surface area contributed by atoms with Crippen LogP contribution in [-0.4, -0.2) is 31.5 Å². The zero-order valence-electron chi connectivity index (χ0n) is 14.0. The van der Waals surface area contributed by atoms with Crippen LogP contribution in [-0.2, 0) is 16.6 Å². The first-order chi connectivity index (χ1) is 12.1. The molecule has 2 heterocycles. The van der Waals surface area contributed by atoms with Gasteiger partial charge in [0.15, 0.2) is 0 Å². The Balaban J connectivity index is 2.13. The van der Waals surface area contributed by atoms with Crippen molar-refractivity contribution >= 4 is 10.0 Å². The summed E-state index contributed by atoms with van der Waals surface area (Å²) >= 11 is 0. The average Bonchev–Trinajstić information content (AvgIpc) is 3.08. The molecular formula is C18H19N3O3S. The molecule has 0 aliphatic rings. The first kappa shape index (κ1) is 17.2. The number of aromatic nitrogens is 2. The minimum atomic E-state index is -3.73. The fourth-order valence-electron chi connectivity index (χ4n) is 2.58. The molecule has 3 aromatic rings. The number of hydrogen-bond acceptors (Lipinski definition) is 5. The molecule has 7 heteroatoms. The van der Waals surface area contributed by atoms with Crippen LogP contribution >= 0.6 is 0 Å². The van der Waals surface area contributed by atoms with Gasteiger partial charge in [0.05, 0.1) is 17.7 Å². The minimum absolute atomic E-state index is 0.199. The number of pyridine rings is 1. The maximum absolute atomic E-state index is 13.1. The van der Waals surface area contributed by atoms with E-state index in [4.69, 9.17) is 4.74 Å². The van der Waals surface area contributed by atoms with E-state index in [1.807, 2.05) is 19.2 Å². The summed E-state index contributed by atoms with van der Waals surface area (Å²) in [4.78, 5) is 4.29. The summed E-state index contributed by atoms with van der Waals surface area (Å²) in [7, 11) is -0.375. The predicted octanol–water partition coefficient (Wildman–Crippen LogP) is 2.52. The first-order valence-electron chi connectivity index (χ1n) is 7.72. The van der Waals surface area contributed by atoms with Crippen molar-refractivity contribution in [3.63, 3.8) is 0 Å². The van der Waals surface area contributed by atoms with Crippen LogP contribution in [0.1, 0.15) is 5.56 Å². The van der Waals surface area contributed by atoms with Gasteiger partial charge in [-0.3, -0.25) is 4.98 Å². The summed E-state index contributed by atoms with van der Waals surface area (Å²) in [6.07, 6.45) is 4.94. The van der Waals surface area contributed by atoms with Crippen molar-refractivity contribution in [3.8, 4) is 17.0 Å². The second kappa shape index (κ2) is 7.08. The maximum Gasteiger partial charge on any atom is 0.268 e. The van der Waals surface area contributed by atoms with Gasteiger partial charge in [-0.05, 0) is 55.1 Å². The molecule has 2 aromatic heterocycles. The number of methoxy groups -OCH3 is 1. The molecule has 0 atom stereocenters. The largest absolute Gasteiger partial charge is 0.497 e. The molecule has 130 valence electrons. The molecule has 0 spiro atoms. The highest BCUT2D eigenvalue weighted by molar-refractivity contribution is 7.90. The van der Waals surface area contributed by atoms with Gasteiger partial charge in [0.1, 0.15) is 5.75 Å². The molecule has 0 amide bonds. The SMILES string of the molecule is CNCc1cc(-c2cccnc2)n(S(=O)(=O)c2ccc(OC)cc2)c1. The Labute approximate surface area is 147 Å². The van der Waals surface area contributed by atoms with Gasteiger partial charge in [0.25, 0.3) is 10.0 Å². The Hall–Kier alpha value is -2.64. The molecule has 0 saturated heterocycles. The number of benzene rings is 1. The molecular weight excluding hydrogens is 338 g/mol. The third-order valence-electron chi connectivity index (χ3n) is 3.80. The van der Waals surface area contributed by atoms with Crippen LogP contribution in [0.2, 0.25) is 0 Å². The lowest BCUT2D eigenvalue weighted by Crippen LogP contribution is -2.13. The topological polar surface area (TPSA) is 73.2 Å². The van der Waals surface area contributed by atoms with E-state index in [-0.39, 0.29) is 4.90 Å². The maximum atomic E-state index is 13.1. The van der Waals surface area contributed by atoms with E-state index < -0.39 is 10.0 Å². The van der Waals surface area contributed by atoms with Crippen molar-refractivity contribution in [2.75, 3.05) is 14.2 Å². The quantitative estimate of drug-likeness (QED) is 0.734. The zero-order chi connectivity index (χ0) is 17.9. The molecule has 0 aliphatic heterocycles. The van der Waals surface area contributed by atoms with Crippen molar-refractivity contribution in [2.24, 2.45) is 0 Å². The molecule has 25 heavy (non-hydrogen) atoms. The second-order valence-corrected chi connectivity index (χ2v) is 7.30. The fourth-order valence-corrected chi connectivity index (χ4v) is 3.98. The normalized spacial score (nSPS) is 11.4. The lowest BCUT2D eigenvalue weighted by atomic mass is 10.2. The number of nitrogens with zero attached hydrogens (tertiary/aromatic N) is 2. The lowest BCUT2D eigenvalue weighted by molar-refractivity contribution is 0.414. The number of nitrogens with one attached hydrogen (secondary N) is 1. The molecule has 1 aromatic carbocycles. The van der Waals surface area contributed by atoms with Crippen molar-refractivity contribution in [3.05, 3.63) is 66.6 Å². The van der Waals surface area contributed by atoms with E-state index in [1.54, 1.807) is 56.0 Å². The van der Waals surface area contributed by atoms with E-state index in [0.29, 0.717) is 18.0 Å². The Morgan fingerprint density at radius 1 is 1.20 bits per heavy atom. The zero-order valence-corrected chi connectivity index (χ0v) is 14.8. The molecule has 0 saturated carbocycles. The first-order valence-corrected chi connectivity index (χ1v) is 9.16. The van der Waals surface area contributed by atoms with E-state index in [2.05, 4.69) is 10.3 Å². The van der Waals surface area contributed by atoms with E-state index in [1.165, 1.54) is 3.97 Å². The van der Waals surface area contributed by atoms with E-state index in [0.717, 1.165) is 11.1 Å². The molecule has 0 fully saturated rings. The van der Waals surface area contributed by atoms with E-state index in [9.17, 15) is 8.42 Å². The summed E-state index contributed by atoms with van der Waals surface area (Å²) in [6.45, 7) is 0.568. The Bertz CT molecular complexity index is 949. The van der Waals surface area contributed by atoms with Gasteiger partial charge in [-0.15, -0.1) is 0 Å². The third kappa shape index (κ3) is 3.42. The summed E-state index contributed by atoms with van der Waals surface area (Å²) in [6, 6.07) is 11.8. The highest BCUT2D eigenvalue weighted by Gasteiger charge is 2.22. The summed E-state index contributed by atoms with van der Waals surface area (Å²) in [5.41, 5.74) is 2.19. The van der Waals surface area contributed by atoms with Crippen LogP contribution < -0.4 is 10.1 Å². The van der Waals surface area contributed by atoms with Crippen molar-refractivity contribution in [2.45, 2.75) is 11.4 Å². The van der Waals surface area contributed by atoms with Crippen molar-refractivity contribution in [1.82, 2.24) is 14.3 Å². The fraction of sp³-hybridized carbons (Fsp3) is 0.167. The van der Waals surface area contributed by atoms with Crippen LogP contribution in [0.3, 0.4) is 0 Å². The van der Waals surface area contributed by atoms with Gasteiger partial charge < -0.3 is 10.1 Å². The minimum Gasteiger partial charge on any atom is -0.497 e. The van der Waals surface area contributed by atoms with Crippen molar-refractivity contribution < 1.29 is 13.2 Å². The molecule has 0 bridgehead atoms. The van der Waals surface area contributed by atoms with Gasteiger partial charge in [0.2, 0.25) is 0 Å². The van der Waals surface area contributed by atoms with Gasteiger partial charge in [-0.1, -0.05) is 0 Å². The molecule has 0 unspecified atom stereocenters. The van der Waals surface area contributed by atoms with Crippen LogP contribution in [0.25, 0.3) is 11.3 Å². The summed E-state index contributed by atoms with van der Waals surface area (Å²) in [5, 5.41) is 3.04. The van der Waals surface area contributed by atoms with Crippen LogP contribution in [0.5, 0.6) is 5.75 Å². The second-order valence-electron chi connectivity index (χ2n) is 5.48. The number of hydrogen-bond donors (Lipinski definition) is 1. The number of rotatable bonds is 6. The van der Waals surface area contributed by atoms with Crippen molar-refractivity contribution in [1.29, 1.82) is 0 Å². The molecule has 3 rings (SSSR count). The lowest BCUT2D eigenvalue weighted by Gasteiger charge is -2.11. The van der Waals surface area contributed by atoms with Gasteiger partial charge in [-0.25, -0.2) is 12.4 Å². The molecule has 0 radical (unpaired) electrons. The molecule has 6 nitrogen and oxygen atoms in total. The van der Waals surface area contributed by atoms with Gasteiger partial charge in [0, 0.05) is 30.7 Å². The Morgan fingerprint density at radius 2 is 1.96 bits per heavy atom. The van der Waals surface area contributed by atoms with Crippen LogP contribution in [0.4, 0.5) is 0 Å². The van der Waals surface area contributed by atoms with Crippen LogP contribution in [0.15, 0.2) is 66.0 Å². The highest BCUT2D eigenvalue weighted by Crippen LogP contribution is 2.27. The highest BCUT2D eigenvalue weighted by atomic mass is 32.2. The standard InChI is InChI=1S/C18H19N3O3S/c1-19-11-14-10-18(15-4-3-9-20-12-15)21(13-14)25(22,23)17-7-5-16(24-2)6-8-17/h3-10,12-13,19H,11H2,1-2H3. The summed E-state index contributed by atoms with van der Waals surface area (Å²) in [5.74, 6) is 0.606. The average molecular weight is 357 g/mol. The third-order valence-corrected chi connectivity index (χ3v) is 5.48.